The van der Waals surface area contributed by atoms with Crippen molar-refractivity contribution in [3.63, 3.8) is 0 Å². The average Bonchev–Trinajstić information content (AvgIpc) is 2.72. The van der Waals surface area contributed by atoms with E-state index in [1.54, 1.807) is 25.8 Å². The Bertz CT molecular complexity index is 493. The maximum Gasteiger partial charge on any atom is 0.260 e. The number of hydrogen-bond acceptors (Lipinski definition) is 4. The first-order valence-corrected chi connectivity index (χ1v) is 5.72. The summed E-state index contributed by atoms with van der Waals surface area (Å²) in [4.78, 5) is 27.6. The number of nitrogen functional groups attached to an aromatic ring is 1. The number of likely N-dealkylation sites (N-methyl/N-ethyl adjacent to an activating group) is 1. The zero-order chi connectivity index (χ0) is 13.5. The van der Waals surface area contributed by atoms with Crippen molar-refractivity contribution in [3.8, 4) is 0 Å². The minimum Gasteiger partial charge on any atom is -0.383 e. The third kappa shape index (κ3) is 1.71. The number of H-pyrrole nitrogens is 1. The zero-order valence-corrected chi connectivity index (χ0v) is 10.7. The fourth-order valence-corrected chi connectivity index (χ4v) is 2.18. The van der Waals surface area contributed by atoms with Gasteiger partial charge >= 0.3 is 0 Å². The van der Waals surface area contributed by atoms with Crippen molar-refractivity contribution in [1.82, 2.24) is 20.0 Å². The van der Waals surface area contributed by atoms with Crippen molar-refractivity contribution in [1.29, 1.82) is 0 Å². The third-order valence-corrected chi connectivity index (χ3v) is 3.35. The third-order valence-electron chi connectivity index (χ3n) is 3.35. The van der Waals surface area contributed by atoms with Crippen LogP contribution in [-0.4, -0.2) is 57.5 Å². The molecule has 0 spiro atoms. The van der Waals surface area contributed by atoms with E-state index in [1.807, 2.05) is 0 Å². The zero-order valence-electron chi connectivity index (χ0n) is 10.7. The smallest absolute Gasteiger partial charge is 0.260 e. The lowest BCUT2D eigenvalue weighted by Gasteiger charge is -2.44. The molecule has 1 aromatic heterocycles. The van der Waals surface area contributed by atoms with Crippen LogP contribution in [0.15, 0.2) is 6.20 Å². The molecule has 1 fully saturated rings. The summed E-state index contributed by atoms with van der Waals surface area (Å²) in [6.07, 6.45) is 1.39. The van der Waals surface area contributed by atoms with Gasteiger partial charge in [-0.15, -0.1) is 0 Å². The van der Waals surface area contributed by atoms with Crippen molar-refractivity contribution in [3.05, 3.63) is 11.8 Å². The Morgan fingerprint density at radius 1 is 1.50 bits per heavy atom. The fraction of sp³-hybridized carbons (Fsp3) is 0.545. The second kappa shape index (κ2) is 4.01. The highest BCUT2D eigenvalue weighted by Crippen LogP contribution is 2.24. The Morgan fingerprint density at radius 2 is 2.17 bits per heavy atom. The number of amides is 2. The van der Waals surface area contributed by atoms with E-state index in [0.29, 0.717) is 18.7 Å². The average molecular weight is 251 g/mol. The topological polar surface area (TPSA) is 95.3 Å². The first kappa shape index (κ1) is 12.4. The molecule has 0 atom stereocenters. The van der Waals surface area contributed by atoms with Gasteiger partial charge in [0.25, 0.3) is 5.91 Å². The minimum absolute atomic E-state index is 0.0795. The van der Waals surface area contributed by atoms with Gasteiger partial charge in [0, 0.05) is 20.1 Å². The molecular formula is C11H17N5O2. The number of nitrogens with two attached hydrogens (primary N) is 1. The maximum absolute atomic E-state index is 12.4. The molecular weight excluding hydrogens is 234 g/mol. The van der Waals surface area contributed by atoms with E-state index < -0.39 is 5.54 Å². The lowest BCUT2D eigenvalue weighted by atomic mass is 9.97. The molecule has 98 valence electrons. The molecule has 7 nitrogen and oxygen atoms in total. The van der Waals surface area contributed by atoms with Gasteiger partial charge in [-0.3, -0.25) is 14.7 Å². The SMILES string of the molecule is CN1CCN(C(=O)c2cn[nH]c2N)C(C)(C)C1=O. The Kier molecular flexibility index (Phi) is 2.76. The molecule has 0 bridgehead atoms. The van der Waals surface area contributed by atoms with Crippen molar-refractivity contribution in [2.75, 3.05) is 25.9 Å². The molecule has 0 unspecified atom stereocenters. The number of piperazine rings is 1. The highest BCUT2D eigenvalue weighted by atomic mass is 16.2. The quantitative estimate of drug-likeness (QED) is 0.715. The van der Waals surface area contributed by atoms with Crippen molar-refractivity contribution in [2.24, 2.45) is 0 Å². The second-order valence-electron chi connectivity index (χ2n) is 4.94. The van der Waals surface area contributed by atoms with Gasteiger partial charge in [0.1, 0.15) is 16.9 Å². The van der Waals surface area contributed by atoms with E-state index in [-0.39, 0.29) is 17.6 Å². The molecule has 0 aliphatic carbocycles. The van der Waals surface area contributed by atoms with Crippen LogP contribution in [0.2, 0.25) is 0 Å². The number of rotatable bonds is 1. The van der Waals surface area contributed by atoms with Gasteiger partial charge in [-0.05, 0) is 13.8 Å². The Hall–Kier alpha value is -2.05. The molecule has 3 N–H and O–H groups in total. The number of carbonyl (C=O) groups excluding carboxylic acids is 2. The number of carbonyl (C=O) groups is 2. The van der Waals surface area contributed by atoms with Crippen LogP contribution in [0.1, 0.15) is 24.2 Å². The van der Waals surface area contributed by atoms with Crippen LogP contribution < -0.4 is 5.73 Å². The first-order chi connectivity index (χ1) is 8.35. The largest absolute Gasteiger partial charge is 0.383 e. The number of aromatic amines is 1. The lowest BCUT2D eigenvalue weighted by molar-refractivity contribution is -0.144. The molecule has 2 amide bonds. The molecule has 2 rings (SSSR count). The highest BCUT2D eigenvalue weighted by molar-refractivity contribution is 6.02. The number of hydrogen-bond donors (Lipinski definition) is 2. The van der Waals surface area contributed by atoms with Crippen molar-refractivity contribution in [2.45, 2.75) is 19.4 Å². The van der Waals surface area contributed by atoms with Crippen LogP contribution in [0.5, 0.6) is 0 Å². The second-order valence-corrected chi connectivity index (χ2v) is 4.94. The van der Waals surface area contributed by atoms with Gasteiger partial charge in [-0.25, -0.2) is 0 Å². The summed E-state index contributed by atoms with van der Waals surface area (Å²) in [6, 6.07) is 0. The number of anilines is 1. The monoisotopic (exact) mass is 251 g/mol. The number of nitrogens with one attached hydrogen (secondary N) is 1. The maximum atomic E-state index is 12.4. The summed E-state index contributed by atoms with van der Waals surface area (Å²) in [5.74, 6) is -0.126. The number of nitrogens with zero attached hydrogens (tertiary/aromatic N) is 3. The minimum atomic E-state index is -0.867. The highest BCUT2D eigenvalue weighted by Gasteiger charge is 2.43. The molecule has 7 heteroatoms. The Morgan fingerprint density at radius 3 is 2.72 bits per heavy atom. The van der Waals surface area contributed by atoms with E-state index >= 15 is 0 Å². The summed E-state index contributed by atoms with van der Waals surface area (Å²) in [5.41, 5.74) is 5.08. The summed E-state index contributed by atoms with van der Waals surface area (Å²) in [7, 11) is 1.73. The van der Waals surface area contributed by atoms with Gasteiger partial charge in [0.05, 0.1) is 6.20 Å². The van der Waals surface area contributed by atoms with E-state index in [2.05, 4.69) is 10.2 Å². The van der Waals surface area contributed by atoms with Crippen LogP contribution in [0.4, 0.5) is 5.82 Å². The van der Waals surface area contributed by atoms with Gasteiger partial charge in [0.2, 0.25) is 5.91 Å². The van der Waals surface area contributed by atoms with E-state index in [4.69, 9.17) is 5.73 Å². The molecule has 1 saturated heterocycles. The van der Waals surface area contributed by atoms with E-state index in [9.17, 15) is 9.59 Å². The first-order valence-electron chi connectivity index (χ1n) is 5.72. The standard InChI is InChI=1S/C11H17N5O2/c1-11(2)10(18)15(3)4-5-16(11)9(17)7-6-13-14-8(7)12/h6H,4-5H2,1-3H3,(H3,12,13,14). The number of aromatic nitrogens is 2. The van der Waals surface area contributed by atoms with Crippen LogP contribution in [-0.2, 0) is 4.79 Å². The van der Waals surface area contributed by atoms with Crippen LogP contribution >= 0.6 is 0 Å². The molecule has 18 heavy (non-hydrogen) atoms. The normalized spacial score (nSPS) is 19.2. The van der Waals surface area contributed by atoms with Crippen molar-refractivity contribution >= 4 is 17.6 Å². The van der Waals surface area contributed by atoms with Crippen molar-refractivity contribution < 1.29 is 9.59 Å². The van der Waals surface area contributed by atoms with Crippen LogP contribution in [0, 0.1) is 0 Å². The molecule has 2 heterocycles. The summed E-state index contributed by atoms with van der Waals surface area (Å²) in [5, 5.41) is 6.25. The fourth-order valence-electron chi connectivity index (χ4n) is 2.18. The molecule has 0 aromatic carbocycles. The van der Waals surface area contributed by atoms with Gasteiger partial charge in [-0.1, -0.05) is 0 Å². The van der Waals surface area contributed by atoms with E-state index in [0.717, 1.165) is 0 Å². The molecule has 1 aliphatic heterocycles. The summed E-state index contributed by atoms with van der Waals surface area (Å²) >= 11 is 0. The summed E-state index contributed by atoms with van der Waals surface area (Å²) in [6.45, 7) is 4.47. The molecule has 1 aromatic rings. The van der Waals surface area contributed by atoms with Gasteiger partial charge in [-0.2, -0.15) is 5.10 Å². The Balaban J connectivity index is 2.31. The van der Waals surface area contributed by atoms with E-state index in [1.165, 1.54) is 11.1 Å². The summed E-state index contributed by atoms with van der Waals surface area (Å²) < 4.78 is 0. The van der Waals surface area contributed by atoms with Gasteiger partial charge < -0.3 is 15.5 Å². The Labute approximate surface area is 105 Å². The predicted octanol–water partition coefficient (Wildman–Crippen LogP) is -0.315. The lowest BCUT2D eigenvalue weighted by Crippen LogP contribution is -2.63. The predicted molar refractivity (Wildman–Crippen MR) is 65.8 cm³/mol. The molecule has 0 radical (unpaired) electrons. The van der Waals surface area contributed by atoms with Crippen LogP contribution in [0.3, 0.4) is 0 Å². The molecule has 0 saturated carbocycles. The van der Waals surface area contributed by atoms with Crippen LogP contribution in [0.25, 0.3) is 0 Å². The molecule has 1 aliphatic rings. The van der Waals surface area contributed by atoms with Gasteiger partial charge in [0.15, 0.2) is 0 Å².